The summed E-state index contributed by atoms with van der Waals surface area (Å²) < 4.78 is 9.86. The molecule has 3 rings (SSSR count). The van der Waals surface area contributed by atoms with Crippen LogP contribution >= 0.6 is 0 Å². The van der Waals surface area contributed by atoms with Crippen LogP contribution in [0.25, 0.3) is 0 Å². The van der Waals surface area contributed by atoms with E-state index in [1.807, 2.05) is 0 Å². The van der Waals surface area contributed by atoms with Gasteiger partial charge in [-0.1, -0.05) is 6.07 Å². The number of hydrogen-bond acceptors (Lipinski definition) is 9. The molecule has 34 heavy (non-hydrogen) atoms. The summed E-state index contributed by atoms with van der Waals surface area (Å²) in [5, 5.41) is 13.6. The molecule has 0 unspecified atom stereocenters. The third kappa shape index (κ3) is 4.75. The van der Waals surface area contributed by atoms with E-state index in [0.29, 0.717) is 4.90 Å². The van der Waals surface area contributed by atoms with E-state index in [0.717, 1.165) is 6.07 Å². The molecule has 0 saturated heterocycles. The van der Waals surface area contributed by atoms with Gasteiger partial charge < -0.3 is 14.8 Å². The highest BCUT2D eigenvalue weighted by Gasteiger charge is 2.41. The van der Waals surface area contributed by atoms with Gasteiger partial charge in [0.05, 0.1) is 34.8 Å². The van der Waals surface area contributed by atoms with Gasteiger partial charge in [-0.3, -0.25) is 29.4 Å². The van der Waals surface area contributed by atoms with E-state index in [1.54, 1.807) is 13.8 Å². The number of nitrogens with zero attached hydrogens (tertiary/aromatic N) is 2. The van der Waals surface area contributed by atoms with Crippen molar-refractivity contribution in [2.45, 2.75) is 13.8 Å². The number of ether oxygens (including phenoxy) is 2. The van der Waals surface area contributed by atoms with Crippen LogP contribution < -0.4 is 5.32 Å². The normalized spacial score (nSPS) is 12.2. The van der Waals surface area contributed by atoms with Crippen molar-refractivity contribution < 1.29 is 38.4 Å². The van der Waals surface area contributed by atoms with E-state index in [-0.39, 0.29) is 41.2 Å². The van der Waals surface area contributed by atoms with Crippen molar-refractivity contribution in [3.05, 3.63) is 68.8 Å². The zero-order valence-electron chi connectivity index (χ0n) is 18.2. The van der Waals surface area contributed by atoms with Gasteiger partial charge in [-0.05, 0) is 38.1 Å². The van der Waals surface area contributed by atoms with Crippen molar-refractivity contribution in [1.29, 1.82) is 0 Å². The first-order chi connectivity index (χ1) is 16.2. The minimum Gasteiger partial charge on any atom is -0.462 e. The van der Waals surface area contributed by atoms with Crippen LogP contribution in [0.15, 0.2) is 36.4 Å². The fourth-order valence-electron chi connectivity index (χ4n) is 3.32. The molecule has 0 fully saturated rings. The Kier molecular flexibility index (Phi) is 7.00. The quantitative estimate of drug-likeness (QED) is 0.264. The van der Waals surface area contributed by atoms with Crippen LogP contribution in [-0.2, 0) is 14.3 Å². The van der Waals surface area contributed by atoms with Crippen LogP contribution in [0.4, 0.5) is 11.4 Å². The lowest BCUT2D eigenvalue weighted by Crippen LogP contribution is -2.37. The molecule has 176 valence electrons. The average molecular weight is 469 g/mol. The molecular formula is C22H19N3O9. The standard InChI is InChI=1S/C22H19N3O9/c1-3-33-21(29)12-8-13(22(30)34-4-2)10-14(9-12)23-17(26)11-24-19(27)15-6-5-7-16(25(31)32)18(15)20(24)28/h5-10H,3-4,11H2,1-2H3,(H,23,26). The number of anilines is 1. The molecule has 1 N–H and O–H groups in total. The highest BCUT2D eigenvalue weighted by Crippen LogP contribution is 2.30. The zero-order valence-corrected chi connectivity index (χ0v) is 18.2. The highest BCUT2D eigenvalue weighted by atomic mass is 16.6. The van der Waals surface area contributed by atoms with Crippen molar-refractivity contribution >= 4 is 41.0 Å². The van der Waals surface area contributed by atoms with Gasteiger partial charge in [0.1, 0.15) is 12.1 Å². The second kappa shape index (κ2) is 9.90. The lowest BCUT2D eigenvalue weighted by molar-refractivity contribution is -0.385. The summed E-state index contributed by atoms with van der Waals surface area (Å²) in [6.07, 6.45) is 0. The Hall–Kier alpha value is -4.61. The molecule has 2 aromatic carbocycles. The van der Waals surface area contributed by atoms with Gasteiger partial charge in [0.2, 0.25) is 5.91 Å². The molecule has 2 aromatic rings. The maximum Gasteiger partial charge on any atom is 0.338 e. The second-order valence-corrected chi connectivity index (χ2v) is 6.94. The first kappa shape index (κ1) is 24.0. The number of nitrogens with one attached hydrogen (secondary N) is 1. The Balaban J connectivity index is 1.84. The lowest BCUT2D eigenvalue weighted by atomic mass is 10.1. The first-order valence-electron chi connectivity index (χ1n) is 10.1. The average Bonchev–Trinajstić information content (AvgIpc) is 3.04. The SMILES string of the molecule is CCOC(=O)c1cc(NC(=O)CN2C(=O)c3cccc([N+](=O)[O-])c3C2=O)cc(C(=O)OCC)c1. The van der Waals surface area contributed by atoms with Crippen LogP contribution in [0.1, 0.15) is 55.3 Å². The van der Waals surface area contributed by atoms with E-state index >= 15 is 0 Å². The van der Waals surface area contributed by atoms with Crippen molar-refractivity contribution in [3.63, 3.8) is 0 Å². The number of rotatable bonds is 8. The van der Waals surface area contributed by atoms with E-state index in [2.05, 4.69) is 5.32 Å². The van der Waals surface area contributed by atoms with Gasteiger partial charge in [-0.2, -0.15) is 0 Å². The maximum absolute atomic E-state index is 12.6. The van der Waals surface area contributed by atoms with Crippen LogP contribution in [0.5, 0.6) is 0 Å². The number of fused-ring (bicyclic) bond motifs is 1. The Bertz CT molecular complexity index is 1190. The summed E-state index contributed by atoms with van der Waals surface area (Å²) in [7, 11) is 0. The molecule has 0 atom stereocenters. The minimum atomic E-state index is -0.977. The molecule has 0 aromatic heterocycles. The minimum absolute atomic E-state index is 0.0150. The summed E-state index contributed by atoms with van der Waals surface area (Å²) in [6, 6.07) is 7.37. The number of nitro groups is 1. The second-order valence-electron chi connectivity index (χ2n) is 6.94. The lowest BCUT2D eigenvalue weighted by Gasteiger charge is -2.14. The van der Waals surface area contributed by atoms with Crippen LogP contribution in [0, 0.1) is 10.1 Å². The van der Waals surface area contributed by atoms with Crippen molar-refractivity contribution in [2.75, 3.05) is 25.1 Å². The smallest absolute Gasteiger partial charge is 0.338 e. The van der Waals surface area contributed by atoms with Gasteiger partial charge in [0.25, 0.3) is 17.5 Å². The summed E-state index contributed by atoms with van der Waals surface area (Å²) >= 11 is 0. The number of nitro benzene ring substituents is 1. The number of carbonyl (C=O) groups is 5. The monoisotopic (exact) mass is 469 g/mol. The molecule has 1 heterocycles. The molecule has 3 amide bonds. The van der Waals surface area contributed by atoms with E-state index in [4.69, 9.17) is 9.47 Å². The molecule has 0 aliphatic carbocycles. The Morgan fingerprint density at radius 3 is 2.09 bits per heavy atom. The predicted molar refractivity (Wildman–Crippen MR) is 115 cm³/mol. The molecule has 0 radical (unpaired) electrons. The predicted octanol–water partition coefficient (Wildman–Crippen LogP) is 2.18. The van der Waals surface area contributed by atoms with Crippen LogP contribution in [0.3, 0.4) is 0 Å². The van der Waals surface area contributed by atoms with Crippen molar-refractivity contribution in [1.82, 2.24) is 4.90 Å². The van der Waals surface area contributed by atoms with Gasteiger partial charge in [-0.25, -0.2) is 9.59 Å². The van der Waals surface area contributed by atoms with Gasteiger partial charge >= 0.3 is 11.9 Å². The van der Waals surface area contributed by atoms with Gasteiger partial charge in [0.15, 0.2) is 0 Å². The number of benzene rings is 2. The van der Waals surface area contributed by atoms with Crippen LogP contribution in [-0.4, -0.2) is 59.2 Å². The summed E-state index contributed by atoms with van der Waals surface area (Å²) in [4.78, 5) is 73.2. The molecule has 0 spiro atoms. The third-order valence-corrected chi connectivity index (χ3v) is 4.71. The fraction of sp³-hybridized carbons (Fsp3) is 0.227. The van der Waals surface area contributed by atoms with Gasteiger partial charge in [-0.15, -0.1) is 0 Å². The Morgan fingerprint density at radius 1 is 0.971 bits per heavy atom. The fourth-order valence-corrected chi connectivity index (χ4v) is 3.32. The molecule has 0 saturated carbocycles. The van der Waals surface area contributed by atoms with Crippen molar-refractivity contribution in [3.8, 4) is 0 Å². The zero-order chi connectivity index (χ0) is 25.0. The summed E-state index contributed by atoms with van der Waals surface area (Å²) in [5.74, 6) is -4.15. The third-order valence-electron chi connectivity index (χ3n) is 4.71. The maximum atomic E-state index is 12.6. The van der Waals surface area contributed by atoms with Crippen LogP contribution in [0.2, 0.25) is 0 Å². The largest absolute Gasteiger partial charge is 0.462 e. The Morgan fingerprint density at radius 2 is 1.56 bits per heavy atom. The number of carbonyl (C=O) groups excluding carboxylic acids is 5. The molecular weight excluding hydrogens is 450 g/mol. The van der Waals surface area contributed by atoms with E-state index in [1.165, 1.54) is 30.3 Å². The number of amides is 3. The van der Waals surface area contributed by atoms with E-state index < -0.39 is 46.8 Å². The molecule has 1 aliphatic heterocycles. The summed E-state index contributed by atoms with van der Waals surface area (Å²) in [5.41, 5.74) is -1.15. The number of esters is 2. The number of hydrogen-bond donors (Lipinski definition) is 1. The highest BCUT2D eigenvalue weighted by molar-refractivity contribution is 6.24. The Labute approximate surface area is 192 Å². The first-order valence-corrected chi connectivity index (χ1v) is 10.1. The topological polar surface area (TPSA) is 162 Å². The number of imide groups is 1. The summed E-state index contributed by atoms with van der Waals surface area (Å²) in [6.45, 7) is 2.61. The van der Waals surface area contributed by atoms with Gasteiger partial charge in [0, 0.05) is 11.8 Å². The molecule has 1 aliphatic rings. The molecule has 12 nitrogen and oxygen atoms in total. The molecule has 0 bridgehead atoms. The van der Waals surface area contributed by atoms with Crippen molar-refractivity contribution in [2.24, 2.45) is 0 Å². The van der Waals surface area contributed by atoms with E-state index in [9.17, 15) is 34.1 Å². The molecule has 12 heteroatoms.